The van der Waals surface area contributed by atoms with Crippen molar-refractivity contribution in [3.8, 4) is 11.5 Å². The second-order valence-corrected chi connectivity index (χ2v) is 2.68. The van der Waals surface area contributed by atoms with E-state index in [1.807, 2.05) is 0 Å². The van der Waals surface area contributed by atoms with Gasteiger partial charge in [0.25, 0.3) is 0 Å². The number of aliphatic hydroxyl groups is 1. The van der Waals surface area contributed by atoms with Crippen molar-refractivity contribution in [3.05, 3.63) is 23.8 Å². The van der Waals surface area contributed by atoms with Gasteiger partial charge in [-0.3, -0.25) is 0 Å². The molecule has 0 bridgehead atoms. The highest BCUT2D eigenvalue weighted by Gasteiger charge is 2.14. The third kappa shape index (κ3) is 1.86. The molecule has 0 aliphatic carbocycles. The van der Waals surface area contributed by atoms with Crippen LogP contribution in [0.4, 0.5) is 0 Å². The summed E-state index contributed by atoms with van der Waals surface area (Å²) in [5.74, 6) is -1.08. The molecule has 0 aromatic heterocycles. The van der Waals surface area contributed by atoms with E-state index in [4.69, 9.17) is 21.2 Å². The quantitative estimate of drug-likeness (QED) is 0.149. The minimum Gasteiger partial charge on any atom is -0.504 e. The van der Waals surface area contributed by atoms with Crippen molar-refractivity contribution < 1.29 is 20.5 Å². The van der Waals surface area contributed by atoms with Crippen LogP contribution in [0.3, 0.4) is 0 Å². The molecular formula is C8H10N2O4. The SMILES string of the molecule is NC(=NO)C(O)c1ccc(O)c(O)c1. The summed E-state index contributed by atoms with van der Waals surface area (Å²) in [5.41, 5.74) is 5.36. The van der Waals surface area contributed by atoms with Gasteiger partial charge >= 0.3 is 0 Å². The molecule has 0 spiro atoms. The van der Waals surface area contributed by atoms with Gasteiger partial charge in [-0.05, 0) is 17.7 Å². The molecule has 0 saturated carbocycles. The number of benzene rings is 1. The van der Waals surface area contributed by atoms with Gasteiger partial charge in [0.05, 0.1) is 0 Å². The Morgan fingerprint density at radius 2 is 1.93 bits per heavy atom. The summed E-state index contributed by atoms with van der Waals surface area (Å²) in [6.45, 7) is 0. The summed E-state index contributed by atoms with van der Waals surface area (Å²) in [7, 11) is 0. The van der Waals surface area contributed by atoms with Crippen LogP contribution in [0, 0.1) is 0 Å². The highest BCUT2D eigenvalue weighted by molar-refractivity contribution is 5.85. The molecule has 0 amide bonds. The molecule has 6 heteroatoms. The van der Waals surface area contributed by atoms with Gasteiger partial charge in [-0.15, -0.1) is 0 Å². The lowest BCUT2D eigenvalue weighted by Crippen LogP contribution is -2.21. The number of oxime groups is 1. The molecule has 0 fully saturated rings. The van der Waals surface area contributed by atoms with Crippen molar-refractivity contribution in [1.82, 2.24) is 0 Å². The Labute approximate surface area is 79.5 Å². The van der Waals surface area contributed by atoms with Gasteiger partial charge in [0.1, 0.15) is 6.10 Å². The van der Waals surface area contributed by atoms with E-state index in [9.17, 15) is 5.11 Å². The van der Waals surface area contributed by atoms with Crippen LogP contribution < -0.4 is 5.73 Å². The van der Waals surface area contributed by atoms with Crippen LogP contribution in [-0.2, 0) is 0 Å². The smallest absolute Gasteiger partial charge is 0.172 e. The first-order valence-electron chi connectivity index (χ1n) is 3.73. The van der Waals surface area contributed by atoms with Crippen LogP contribution in [0.15, 0.2) is 23.4 Å². The minimum atomic E-state index is -1.31. The van der Waals surface area contributed by atoms with Crippen molar-refractivity contribution in [2.45, 2.75) is 6.10 Å². The lowest BCUT2D eigenvalue weighted by atomic mass is 10.1. The fraction of sp³-hybridized carbons (Fsp3) is 0.125. The molecule has 0 aliphatic heterocycles. The molecule has 6 nitrogen and oxygen atoms in total. The van der Waals surface area contributed by atoms with E-state index in [-0.39, 0.29) is 17.1 Å². The number of nitrogens with zero attached hydrogens (tertiary/aromatic N) is 1. The standard InChI is InChI=1S/C8H10N2O4/c9-8(10-14)7(13)4-1-2-5(11)6(12)3-4/h1-3,7,11-14H,(H2,9,10). The number of hydrogen-bond acceptors (Lipinski definition) is 5. The fourth-order valence-electron chi connectivity index (χ4n) is 0.936. The van der Waals surface area contributed by atoms with Crippen molar-refractivity contribution in [2.24, 2.45) is 10.9 Å². The van der Waals surface area contributed by atoms with E-state index in [0.717, 1.165) is 6.07 Å². The third-order valence-electron chi connectivity index (χ3n) is 1.71. The van der Waals surface area contributed by atoms with Crippen molar-refractivity contribution in [3.63, 3.8) is 0 Å². The minimum absolute atomic E-state index is 0.218. The topological polar surface area (TPSA) is 119 Å². The van der Waals surface area contributed by atoms with E-state index in [1.165, 1.54) is 12.1 Å². The average Bonchev–Trinajstić information content (AvgIpc) is 2.20. The maximum Gasteiger partial charge on any atom is 0.172 e. The Kier molecular flexibility index (Phi) is 2.78. The second-order valence-electron chi connectivity index (χ2n) is 2.68. The molecule has 6 N–H and O–H groups in total. The van der Waals surface area contributed by atoms with Gasteiger partial charge < -0.3 is 26.3 Å². The number of aliphatic hydroxyl groups excluding tert-OH is 1. The summed E-state index contributed by atoms with van der Waals surface area (Å²) in [6, 6.07) is 3.66. The number of phenolic OH excluding ortho intramolecular Hbond substituents is 2. The lowest BCUT2D eigenvalue weighted by Gasteiger charge is -2.09. The van der Waals surface area contributed by atoms with Crippen molar-refractivity contribution >= 4 is 5.84 Å². The fourth-order valence-corrected chi connectivity index (χ4v) is 0.936. The van der Waals surface area contributed by atoms with Crippen LogP contribution in [0.5, 0.6) is 11.5 Å². The van der Waals surface area contributed by atoms with E-state index in [2.05, 4.69) is 5.16 Å². The number of aromatic hydroxyl groups is 2. The van der Waals surface area contributed by atoms with Gasteiger partial charge in [0.2, 0.25) is 0 Å². The first kappa shape index (κ1) is 10.1. The largest absolute Gasteiger partial charge is 0.504 e. The molecule has 1 atom stereocenters. The highest BCUT2D eigenvalue weighted by Crippen LogP contribution is 2.27. The first-order chi connectivity index (χ1) is 6.56. The summed E-state index contributed by atoms with van der Waals surface area (Å²) in [4.78, 5) is 0. The van der Waals surface area contributed by atoms with Crippen LogP contribution in [-0.4, -0.2) is 26.4 Å². The monoisotopic (exact) mass is 198 g/mol. The third-order valence-corrected chi connectivity index (χ3v) is 1.71. The maximum absolute atomic E-state index is 9.40. The molecule has 0 aliphatic rings. The van der Waals surface area contributed by atoms with Gasteiger partial charge in [0, 0.05) is 0 Å². The Bertz CT molecular complexity index is 364. The summed E-state index contributed by atoms with van der Waals surface area (Å²) in [6.07, 6.45) is -1.31. The second kappa shape index (κ2) is 3.84. The van der Waals surface area contributed by atoms with E-state index in [0.29, 0.717) is 0 Å². The number of phenols is 2. The Morgan fingerprint density at radius 3 is 2.43 bits per heavy atom. The lowest BCUT2D eigenvalue weighted by molar-refractivity contribution is 0.232. The van der Waals surface area contributed by atoms with Crippen LogP contribution in [0.1, 0.15) is 11.7 Å². The van der Waals surface area contributed by atoms with E-state index < -0.39 is 11.9 Å². The molecule has 0 radical (unpaired) electrons. The van der Waals surface area contributed by atoms with Gasteiger partial charge in [-0.2, -0.15) is 0 Å². The molecule has 0 heterocycles. The summed E-state index contributed by atoms with van der Waals surface area (Å²) < 4.78 is 0. The zero-order chi connectivity index (χ0) is 10.7. The molecular weight excluding hydrogens is 188 g/mol. The number of amidine groups is 1. The molecule has 1 aromatic carbocycles. The Morgan fingerprint density at radius 1 is 1.29 bits per heavy atom. The van der Waals surface area contributed by atoms with Gasteiger partial charge in [-0.1, -0.05) is 11.2 Å². The zero-order valence-electron chi connectivity index (χ0n) is 7.12. The number of hydrogen-bond donors (Lipinski definition) is 5. The number of rotatable bonds is 2. The molecule has 0 saturated heterocycles. The predicted molar refractivity (Wildman–Crippen MR) is 48.1 cm³/mol. The van der Waals surface area contributed by atoms with E-state index >= 15 is 0 Å². The number of nitrogens with two attached hydrogens (primary N) is 1. The van der Waals surface area contributed by atoms with Crippen LogP contribution in [0.2, 0.25) is 0 Å². The molecule has 1 aromatic rings. The zero-order valence-corrected chi connectivity index (χ0v) is 7.12. The van der Waals surface area contributed by atoms with E-state index in [1.54, 1.807) is 0 Å². The molecule has 14 heavy (non-hydrogen) atoms. The maximum atomic E-state index is 9.40. The average molecular weight is 198 g/mol. The van der Waals surface area contributed by atoms with Crippen molar-refractivity contribution in [1.29, 1.82) is 0 Å². The predicted octanol–water partition coefficient (Wildman–Crippen LogP) is -0.122. The molecule has 1 rings (SSSR count). The Balaban J connectivity index is 3.03. The molecule has 76 valence electrons. The normalized spacial score (nSPS) is 13.9. The van der Waals surface area contributed by atoms with Crippen molar-refractivity contribution in [2.75, 3.05) is 0 Å². The summed E-state index contributed by atoms with van der Waals surface area (Å²) >= 11 is 0. The Hall–Kier alpha value is -1.95. The van der Waals surface area contributed by atoms with Crippen LogP contribution in [0.25, 0.3) is 0 Å². The summed E-state index contributed by atoms with van der Waals surface area (Å²) in [5, 5.41) is 38.4. The van der Waals surface area contributed by atoms with Gasteiger partial charge in [-0.25, -0.2) is 0 Å². The first-order valence-corrected chi connectivity index (χ1v) is 3.73. The van der Waals surface area contributed by atoms with Crippen LogP contribution >= 0.6 is 0 Å². The van der Waals surface area contributed by atoms with Gasteiger partial charge in [0.15, 0.2) is 17.3 Å². The highest BCUT2D eigenvalue weighted by atomic mass is 16.4. The molecule has 1 unspecified atom stereocenters.